The Morgan fingerprint density at radius 2 is 1.73 bits per heavy atom. The van der Waals surface area contributed by atoms with Crippen molar-refractivity contribution in [3.63, 3.8) is 0 Å². The first kappa shape index (κ1) is 25.4. The van der Waals surface area contributed by atoms with Gasteiger partial charge in [0.25, 0.3) is 15.9 Å². The normalized spacial score (nSPS) is 11.5. The largest absolute Gasteiger partial charge is 0.322 e. The van der Waals surface area contributed by atoms with Gasteiger partial charge in [0.2, 0.25) is 0 Å². The molecule has 6 aromatic rings. The fraction of sp³-hybridized carbons (Fsp3) is 0.0370. The van der Waals surface area contributed by atoms with Gasteiger partial charge in [0, 0.05) is 17.0 Å². The molecule has 1 amide bonds. The van der Waals surface area contributed by atoms with Crippen molar-refractivity contribution < 1.29 is 13.2 Å². The van der Waals surface area contributed by atoms with E-state index >= 15 is 0 Å². The van der Waals surface area contributed by atoms with Crippen molar-refractivity contribution in [2.45, 2.75) is 15.7 Å². The molecule has 0 fully saturated rings. The number of hydrogen-bond acceptors (Lipinski definition) is 9. The van der Waals surface area contributed by atoms with E-state index in [2.05, 4.69) is 40.2 Å². The molecule has 0 saturated heterocycles. The first-order valence-electron chi connectivity index (χ1n) is 12.0. The van der Waals surface area contributed by atoms with Crippen LogP contribution in [0.2, 0.25) is 0 Å². The highest BCUT2D eigenvalue weighted by Gasteiger charge is 2.16. The second kappa shape index (κ2) is 10.7. The molecule has 3 heterocycles. The number of anilines is 2. The number of nitrogens with zero attached hydrogens (tertiary/aromatic N) is 5. The van der Waals surface area contributed by atoms with Crippen molar-refractivity contribution in [3.05, 3.63) is 103 Å². The molecule has 0 bridgehead atoms. The highest BCUT2D eigenvalue weighted by Crippen LogP contribution is 2.27. The number of aromatic nitrogens is 6. The molecule has 198 valence electrons. The van der Waals surface area contributed by atoms with Crippen LogP contribution in [0.4, 0.5) is 11.5 Å². The van der Waals surface area contributed by atoms with Crippen LogP contribution in [-0.4, -0.2) is 44.5 Å². The summed E-state index contributed by atoms with van der Waals surface area (Å²) in [7, 11) is -3.91. The van der Waals surface area contributed by atoms with Crippen molar-refractivity contribution in [2.24, 2.45) is 0 Å². The van der Waals surface area contributed by atoms with Gasteiger partial charge in [-0.3, -0.25) is 19.6 Å². The molecule has 0 radical (unpaired) electrons. The Hall–Kier alpha value is -4.88. The van der Waals surface area contributed by atoms with Crippen LogP contribution in [0.3, 0.4) is 0 Å². The predicted molar refractivity (Wildman–Crippen MR) is 152 cm³/mol. The van der Waals surface area contributed by atoms with E-state index in [1.54, 1.807) is 30.5 Å². The van der Waals surface area contributed by atoms with Gasteiger partial charge in [-0.15, -0.1) is 11.8 Å². The molecule has 11 nitrogen and oxygen atoms in total. The number of nitrogens with one attached hydrogen (secondary N) is 3. The Morgan fingerprint density at radius 3 is 2.58 bits per heavy atom. The number of amides is 1. The number of rotatable bonds is 8. The van der Waals surface area contributed by atoms with Gasteiger partial charge in [-0.05, 0) is 54.1 Å². The maximum absolute atomic E-state index is 12.9. The molecule has 0 aliphatic rings. The number of benzene rings is 3. The lowest BCUT2D eigenvalue weighted by molar-refractivity contribution is 0.102. The minimum Gasteiger partial charge on any atom is -0.322 e. The third-order valence-electron chi connectivity index (χ3n) is 5.89. The molecule has 13 heteroatoms. The number of aromatic amines is 1. The molecule has 0 unspecified atom stereocenters. The highest BCUT2D eigenvalue weighted by molar-refractivity contribution is 7.98. The maximum atomic E-state index is 12.9. The molecular formula is C27H20N8O3S2. The predicted octanol–water partition coefficient (Wildman–Crippen LogP) is 4.64. The number of carbonyl (C=O) groups is 1. The lowest BCUT2D eigenvalue weighted by atomic mass is 10.1. The fourth-order valence-electron chi connectivity index (χ4n) is 3.94. The number of fused-ring (bicyclic) bond motifs is 2. The van der Waals surface area contributed by atoms with Crippen LogP contribution in [0.15, 0.2) is 101 Å². The molecule has 40 heavy (non-hydrogen) atoms. The Bertz CT molecular complexity index is 1960. The Kier molecular flexibility index (Phi) is 6.80. The van der Waals surface area contributed by atoms with Gasteiger partial charge >= 0.3 is 0 Å². The van der Waals surface area contributed by atoms with Crippen molar-refractivity contribution in [2.75, 3.05) is 10.0 Å². The fourth-order valence-corrected chi connectivity index (χ4v) is 5.83. The van der Waals surface area contributed by atoms with E-state index in [9.17, 15) is 13.2 Å². The van der Waals surface area contributed by atoms with E-state index in [1.807, 2.05) is 24.3 Å². The summed E-state index contributed by atoms with van der Waals surface area (Å²) in [5, 5.41) is 11.3. The summed E-state index contributed by atoms with van der Waals surface area (Å²) in [4.78, 5) is 29.9. The summed E-state index contributed by atoms with van der Waals surface area (Å²) in [6.07, 6.45) is 4.54. The van der Waals surface area contributed by atoms with Gasteiger partial charge in [-0.2, -0.15) is 5.10 Å². The summed E-state index contributed by atoms with van der Waals surface area (Å²) in [5.41, 5.74) is 3.78. The highest BCUT2D eigenvalue weighted by atomic mass is 32.2. The first-order chi connectivity index (χ1) is 19.4. The molecule has 3 N–H and O–H groups in total. The topological polar surface area (TPSA) is 156 Å². The number of hydrogen-bond donors (Lipinski definition) is 3. The van der Waals surface area contributed by atoms with E-state index in [-0.39, 0.29) is 16.6 Å². The second-order valence-corrected chi connectivity index (χ2v) is 11.3. The second-order valence-electron chi connectivity index (χ2n) is 8.63. The van der Waals surface area contributed by atoms with Crippen LogP contribution < -0.4 is 10.0 Å². The van der Waals surface area contributed by atoms with Gasteiger partial charge in [-0.1, -0.05) is 24.3 Å². The third kappa shape index (κ3) is 5.46. The molecular weight excluding hydrogens is 548 g/mol. The Labute approximate surface area is 232 Å². The van der Waals surface area contributed by atoms with Crippen molar-refractivity contribution in [3.8, 4) is 0 Å². The summed E-state index contributed by atoms with van der Waals surface area (Å²) in [6.45, 7) is 0. The van der Waals surface area contributed by atoms with E-state index < -0.39 is 10.0 Å². The molecule has 0 spiro atoms. The number of sulfonamides is 1. The zero-order valence-corrected chi connectivity index (χ0v) is 22.3. The van der Waals surface area contributed by atoms with E-state index in [0.717, 1.165) is 16.0 Å². The number of thioether (sulfide) groups is 1. The summed E-state index contributed by atoms with van der Waals surface area (Å²) in [6, 6.07) is 20.3. The zero-order chi connectivity index (χ0) is 27.5. The van der Waals surface area contributed by atoms with Gasteiger partial charge in [0.1, 0.15) is 11.4 Å². The summed E-state index contributed by atoms with van der Waals surface area (Å²) >= 11 is 1.52. The first-order valence-corrected chi connectivity index (χ1v) is 14.4. The van der Waals surface area contributed by atoms with Crippen LogP contribution in [-0.2, 0) is 15.8 Å². The molecule has 3 aromatic carbocycles. The average Bonchev–Trinajstić information content (AvgIpc) is 3.46. The van der Waals surface area contributed by atoms with Gasteiger partial charge in [0.15, 0.2) is 11.5 Å². The van der Waals surface area contributed by atoms with Crippen LogP contribution in [0.25, 0.3) is 22.1 Å². The summed E-state index contributed by atoms with van der Waals surface area (Å²) < 4.78 is 28.2. The standard InChI is InChI=1S/C27H20N8O3S2/c36-26(18-5-3-4-17(12-18)15-39-27-21-13-31-34-25(21)29-16-30-27)32-19-8-10-20(11-9-19)40(37,38)35-24-14-28-22-6-1-2-7-23(22)33-24/h1-14,16H,15H2,(H,32,36)(H,33,35)(H,29,30,31,34). The van der Waals surface area contributed by atoms with Crippen molar-refractivity contribution in [1.82, 2.24) is 30.1 Å². The average molecular weight is 569 g/mol. The molecule has 3 aromatic heterocycles. The van der Waals surface area contributed by atoms with Crippen molar-refractivity contribution >= 4 is 61.3 Å². The van der Waals surface area contributed by atoms with Crippen LogP contribution in [0, 0.1) is 0 Å². The van der Waals surface area contributed by atoms with E-state index in [1.165, 1.54) is 48.6 Å². The van der Waals surface area contributed by atoms with Gasteiger partial charge < -0.3 is 5.32 Å². The monoisotopic (exact) mass is 568 g/mol. The lowest BCUT2D eigenvalue weighted by Gasteiger charge is -2.10. The zero-order valence-electron chi connectivity index (χ0n) is 20.6. The van der Waals surface area contributed by atoms with Crippen LogP contribution in [0.1, 0.15) is 15.9 Å². The van der Waals surface area contributed by atoms with E-state index in [0.29, 0.717) is 33.7 Å². The smallest absolute Gasteiger partial charge is 0.263 e. The minimum atomic E-state index is -3.91. The maximum Gasteiger partial charge on any atom is 0.263 e. The Balaban J connectivity index is 1.11. The molecule has 6 rings (SSSR count). The van der Waals surface area contributed by atoms with Gasteiger partial charge in [-0.25, -0.2) is 23.4 Å². The number of para-hydroxylation sites is 2. The molecule has 0 atom stereocenters. The molecule has 0 saturated carbocycles. The van der Waals surface area contributed by atoms with Crippen molar-refractivity contribution in [1.29, 1.82) is 0 Å². The SMILES string of the molecule is O=C(Nc1ccc(S(=O)(=O)Nc2cnc3ccccc3n2)cc1)c1cccc(CSc2ncnc3[nH]ncc23)c1. The summed E-state index contributed by atoms with van der Waals surface area (Å²) in [5.74, 6) is 0.397. The van der Waals surface area contributed by atoms with Gasteiger partial charge in [0.05, 0.1) is 33.7 Å². The lowest BCUT2D eigenvalue weighted by Crippen LogP contribution is -2.15. The van der Waals surface area contributed by atoms with E-state index in [4.69, 9.17) is 0 Å². The van der Waals surface area contributed by atoms with Crippen LogP contribution in [0.5, 0.6) is 0 Å². The Morgan fingerprint density at radius 1 is 0.900 bits per heavy atom. The number of carbonyl (C=O) groups excluding carboxylic acids is 1. The quantitative estimate of drug-likeness (QED) is 0.176. The number of H-pyrrole nitrogens is 1. The van der Waals surface area contributed by atoms with Crippen LogP contribution >= 0.6 is 11.8 Å². The third-order valence-corrected chi connectivity index (χ3v) is 8.33. The minimum absolute atomic E-state index is 0.0240. The molecule has 0 aliphatic carbocycles. The molecule has 0 aliphatic heterocycles.